The maximum absolute atomic E-state index is 11.1. The van der Waals surface area contributed by atoms with Crippen LogP contribution in [-0.2, 0) is 11.3 Å². The van der Waals surface area contributed by atoms with Crippen LogP contribution in [0.4, 0.5) is 5.82 Å². The Labute approximate surface area is 120 Å². The summed E-state index contributed by atoms with van der Waals surface area (Å²) < 4.78 is 0. The molecule has 1 amide bonds. The maximum Gasteiger partial charge on any atom is 0.217 e. The molecule has 5 heteroatoms. The molecule has 1 saturated heterocycles. The summed E-state index contributed by atoms with van der Waals surface area (Å²) in [6, 6.07) is 4.47. The Kier molecular flexibility index (Phi) is 5.35. The van der Waals surface area contributed by atoms with Crippen LogP contribution < -0.4 is 10.6 Å². The second-order valence-corrected chi connectivity index (χ2v) is 5.40. The summed E-state index contributed by atoms with van der Waals surface area (Å²) in [4.78, 5) is 17.8. The molecule has 110 valence electrons. The first-order valence-electron chi connectivity index (χ1n) is 7.35. The number of anilines is 1. The highest BCUT2D eigenvalue weighted by Crippen LogP contribution is 2.15. The van der Waals surface area contributed by atoms with Crippen LogP contribution in [0.3, 0.4) is 0 Å². The largest absolute Gasteiger partial charge is 0.370 e. The number of carbonyl (C=O) groups is 1. The second kappa shape index (κ2) is 7.24. The van der Waals surface area contributed by atoms with Gasteiger partial charge in [-0.25, -0.2) is 4.98 Å². The lowest BCUT2D eigenvalue weighted by atomic mass is 10.2. The summed E-state index contributed by atoms with van der Waals surface area (Å²) in [5.74, 6) is 1.01. The average molecular weight is 276 g/mol. The van der Waals surface area contributed by atoms with Crippen molar-refractivity contribution in [1.29, 1.82) is 0 Å². The van der Waals surface area contributed by atoms with E-state index in [4.69, 9.17) is 0 Å². The van der Waals surface area contributed by atoms with Crippen LogP contribution in [-0.4, -0.2) is 41.5 Å². The van der Waals surface area contributed by atoms with Crippen molar-refractivity contribution in [1.82, 2.24) is 15.2 Å². The molecule has 1 aromatic rings. The number of nitrogens with zero attached hydrogens (tertiary/aromatic N) is 2. The van der Waals surface area contributed by atoms with Crippen molar-refractivity contribution in [3.8, 4) is 0 Å². The molecule has 1 unspecified atom stereocenters. The number of aromatic nitrogens is 1. The topological polar surface area (TPSA) is 57.3 Å². The number of rotatable bonds is 6. The van der Waals surface area contributed by atoms with E-state index in [-0.39, 0.29) is 5.91 Å². The van der Waals surface area contributed by atoms with E-state index in [1.807, 2.05) is 6.20 Å². The van der Waals surface area contributed by atoms with Crippen molar-refractivity contribution in [2.24, 2.45) is 0 Å². The summed E-state index contributed by atoms with van der Waals surface area (Å²) >= 11 is 0. The van der Waals surface area contributed by atoms with Gasteiger partial charge in [-0.05, 0) is 30.5 Å². The predicted octanol–water partition coefficient (Wildman–Crippen LogP) is 1.61. The van der Waals surface area contributed by atoms with Gasteiger partial charge in [0.25, 0.3) is 0 Å². The predicted molar refractivity (Wildman–Crippen MR) is 80.5 cm³/mol. The lowest BCUT2D eigenvalue weighted by molar-refractivity contribution is -0.119. The molecule has 20 heavy (non-hydrogen) atoms. The van der Waals surface area contributed by atoms with Gasteiger partial charge in [-0.2, -0.15) is 0 Å². The standard InChI is InChI=1S/C15H24N4O/c1-3-6-16-15-9-13(4-7-17-15)10-19-8-5-14(11-19)18-12(2)20/h4,7,9,14H,3,5-6,8,10-11H2,1-2H3,(H,16,17)(H,18,20). The van der Waals surface area contributed by atoms with Gasteiger partial charge in [0.2, 0.25) is 5.91 Å². The monoisotopic (exact) mass is 276 g/mol. The minimum Gasteiger partial charge on any atom is -0.370 e. The Hall–Kier alpha value is -1.62. The second-order valence-electron chi connectivity index (χ2n) is 5.40. The third kappa shape index (κ3) is 4.49. The molecular formula is C15H24N4O. The third-order valence-corrected chi connectivity index (χ3v) is 3.47. The smallest absolute Gasteiger partial charge is 0.217 e. The summed E-state index contributed by atoms with van der Waals surface area (Å²) in [6.07, 6.45) is 3.98. The van der Waals surface area contributed by atoms with Gasteiger partial charge >= 0.3 is 0 Å². The van der Waals surface area contributed by atoms with Crippen LogP contribution in [0.5, 0.6) is 0 Å². The van der Waals surface area contributed by atoms with Crippen LogP contribution >= 0.6 is 0 Å². The van der Waals surface area contributed by atoms with Gasteiger partial charge in [-0.15, -0.1) is 0 Å². The number of pyridine rings is 1. The van der Waals surface area contributed by atoms with Crippen molar-refractivity contribution in [3.63, 3.8) is 0 Å². The summed E-state index contributed by atoms with van der Waals surface area (Å²) in [5, 5.41) is 6.30. The van der Waals surface area contributed by atoms with Crippen LogP contribution in [0.25, 0.3) is 0 Å². The molecule has 0 aliphatic carbocycles. The van der Waals surface area contributed by atoms with Crippen LogP contribution in [0, 0.1) is 0 Å². The molecule has 1 aromatic heterocycles. The Morgan fingerprint density at radius 3 is 3.15 bits per heavy atom. The zero-order valence-electron chi connectivity index (χ0n) is 12.4. The molecule has 0 bridgehead atoms. The van der Waals surface area contributed by atoms with Gasteiger partial charge in [-0.1, -0.05) is 6.92 Å². The Morgan fingerprint density at radius 2 is 2.40 bits per heavy atom. The molecule has 1 aliphatic rings. The minimum absolute atomic E-state index is 0.0619. The number of likely N-dealkylation sites (tertiary alicyclic amines) is 1. The van der Waals surface area contributed by atoms with Gasteiger partial charge in [0.1, 0.15) is 5.82 Å². The third-order valence-electron chi connectivity index (χ3n) is 3.47. The summed E-state index contributed by atoms with van der Waals surface area (Å²) in [5.41, 5.74) is 1.27. The SMILES string of the molecule is CCCNc1cc(CN2CCC(NC(C)=O)C2)ccn1. The fourth-order valence-corrected chi connectivity index (χ4v) is 2.56. The summed E-state index contributed by atoms with van der Waals surface area (Å²) in [7, 11) is 0. The van der Waals surface area contributed by atoms with E-state index in [9.17, 15) is 4.79 Å². The molecule has 1 fully saturated rings. The highest BCUT2D eigenvalue weighted by molar-refractivity contribution is 5.73. The van der Waals surface area contributed by atoms with Gasteiger partial charge in [0.15, 0.2) is 0 Å². The van der Waals surface area contributed by atoms with Crippen LogP contribution in [0.1, 0.15) is 32.3 Å². The van der Waals surface area contributed by atoms with Gasteiger partial charge in [0.05, 0.1) is 0 Å². The molecular weight excluding hydrogens is 252 g/mol. The maximum atomic E-state index is 11.1. The van der Waals surface area contributed by atoms with Crippen molar-refractivity contribution in [3.05, 3.63) is 23.9 Å². The van der Waals surface area contributed by atoms with E-state index in [1.54, 1.807) is 6.92 Å². The number of carbonyl (C=O) groups excluding carboxylic acids is 1. The minimum atomic E-state index is 0.0619. The van der Waals surface area contributed by atoms with Crippen molar-refractivity contribution < 1.29 is 4.79 Å². The molecule has 1 atom stereocenters. The van der Waals surface area contributed by atoms with Gasteiger partial charge in [0, 0.05) is 45.3 Å². The van der Waals surface area contributed by atoms with E-state index < -0.39 is 0 Å². The van der Waals surface area contributed by atoms with E-state index in [0.717, 1.165) is 44.8 Å². The first-order valence-corrected chi connectivity index (χ1v) is 7.35. The van der Waals surface area contributed by atoms with E-state index in [1.165, 1.54) is 5.56 Å². The number of hydrogen-bond acceptors (Lipinski definition) is 4. The zero-order chi connectivity index (χ0) is 14.4. The fourth-order valence-electron chi connectivity index (χ4n) is 2.56. The molecule has 0 aromatic carbocycles. The highest BCUT2D eigenvalue weighted by Gasteiger charge is 2.22. The Bertz CT molecular complexity index is 449. The van der Waals surface area contributed by atoms with Gasteiger partial charge < -0.3 is 10.6 Å². The van der Waals surface area contributed by atoms with E-state index in [0.29, 0.717) is 6.04 Å². The molecule has 1 aliphatic heterocycles. The molecule has 2 N–H and O–H groups in total. The molecule has 2 rings (SSSR count). The highest BCUT2D eigenvalue weighted by atomic mass is 16.1. The molecule has 0 saturated carbocycles. The van der Waals surface area contributed by atoms with Crippen molar-refractivity contribution >= 4 is 11.7 Å². The fraction of sp³-hybridized carbons (Fsp3) is 0.600. The van der Waals surface area contributed by atoms with Crippen LogP contribution in [0.15, 0.2) is 18.3 Å². The van der Waals surface area contributed by atoms with Crippen molar-refractivity contribution in [2.45, 2.75) is 39.3 Å². The van der Waals surface area contributed by atoms with E-state index >= 15 is 0 Å². The summed E-state index contributed by atoms with van der Waals surface area (Å²) in [6.45, 7) is 7.55. The average Bonchev–Trinajstić information content (AvgIpc) is 2.83. The number of nitrogens with one attached hydrogen (secondary N) is 2. The van der Waals surface area contributed by atoms with Gasteiger partial charge in [-0.3, -0.25) is 9.69 Å². The molecule has 0 spiro atoms. The normalized spacial score (nSPS) is 19.0. The number of hydrogen-bond donors (Lipinski definition) is 2. The Morgan fingerprint density at radius 1 is 1.55 bits per heavy atom. The van der Waals surface area contributed by atoms with E-state index in [2.05, 4.69) is 39.6 Å². The zero-order valence-corrected chi connectivity index (χ0v) is 12.4. The Balaban J connectivity index is 1.86. The molecule has 2 heterocycles. The molecule has 0 radical (unpaired) electrons. The van der Waals surface area contributed by atoms with Crippen LogP contribution in [0.2, 0.25) is 0 Å². The lowest BCUT2D eigenvalue weighted by Gasteiger charge is -2.16. The first-order chi connectivity index (χ1) is 9.67. The lowest BCUT2D eigenvalue weighted by Crippen LogP contribution is -2.35. The molecule has 5 nitrogen and oxygen atoms in total. The quantitative estimate of drug-likeness (QED) is 0.829. The van der Waals surface area contributed by atoms with Crippen molar-refractivity contribution in [2.75, 3.05) is 25.0 Å². The first kappa shape index (κ1) is 14.8. The number of amides is 1.